The van der Waals surface area contributed by atoms with Crippen molar-refractivity contribution in [1.29, 1.82) is 0 Å². The summed E-state index contributed by atoms with van der Waals surface area (Å²) in [4.78, 5) is 24.6. The molecule has 3 aromatic rings. The molecule has 43 heavy (non-hydrogen) atoms. The summed E-state index contributed by atoms with van der Waals surface area (Å²) in [5, 5.41) is 0. The van der Waals surface area contributed by atoms with Crippen LogP contribution in [0.25, 0.3) is 22.3 Å². The van der Waals surface area contributed by atoms with Crippen LogP contribution in [0.15, 0.2) is 12.1 Å². The smallest absolute Gasteiger partial charge is 0.325 e. The first kappa shape index (κ1) is 32.9. The van der Waals surface area contributed by atoms with Gasteiger partial charge in [-0.3, -0.25) is 9.59 Å². The van der Waals surface area contributed by atoms with Crippen molar-refractivity contribution in [3.63, 3.8) is 0 Å². The summed E-state index contributed by atoms with van der Waals surface area (Å²) < 4.78 is 147. The summed E-state index contributed by atoms with van der Waals surface area (Å²) in [6.07, 6.45) is 0. The normalized spacial score (nSPS) is 11.0. The third-order valence-corrected chi connectivity index (χ3v) is 6.11. The Balaban J connectivity index is 2.40. The molecule has 0 N–H and O–H groups in total. The Labute approximate surface area is 238 Å². The molecule has 0 saturated heterocycles. The molecule has 0 fully saturated rings. The molecule has 0 amide bonds. The van der Waals surface area contributed by atoms with E-state index in [9.17, 15) is 9.59 Å². The Kier molecular flexibility index (Phi) is 10.1. The molecule has 232 valence electrons. The maximum absolute atomic E-state index is 15.5. The summed E-state index contributed by atoms with van der Waals surface area (Å²) >= 11 is 0. The topological polar surface area (TPSA) is 80.3 Å². The molecule has 0 heterocycles. The molecule has 7 nitrogen and oxygen atoms in total. The first-order valence-corrected chi connectivity index (χ1v) is 12.2. The second kappa shape index (κ2) is 13.2. The molecule has 0 unspecified atom stereocenters. The highest BCUT2D eigenvalue weighted by molar-refractivity contribution is 6.01. The van der Waals surface area contributed by atoms with Crippen molar-refractivity contribution in [1.82, 2.24) is 0 Å². The summed E-state index contributed by atoms with van der Waals surface area (Å²) in [7, 11) is 3.29. The lowest BCUT2D eigenvalue weighted by molar-refractivity contribution is -0.157. The molecule has 3 rings (SSSR count). The van der Waals surface area contributed by atoms with Crippen molar-refractivity contribution in [3.8, 4) is 39.5 Å². The van der Waals surface area contributed by atoms with Gasteiger partial charge in [-0.25, -0.2) is 35.1 Å². The average Bonchev–Trinajstić information content (AvgIpc) is 2.98. The van der Waals surface area contributed by atoms with Crippen molar-refractivity contribution in [2.45, 2.75) is 19.8 Å². The van der Waals surface area contributed by atoms with Crippen LogP contribution in [0.5, 0.6) is 17.2 Å². The van der Waals surface area contributed by atoms with Gasteiger partial charge in [-0.05, 0) is 13.8 Å². The van der Waals surface area contributed by atoms with E-state index in [0.29, 0.717) is 0 Å². The van der Waals surface area contributed by atoms with E-state index in [-0.39, 0.29) is 5.75 Å². The number of hydrogen-bond acceptors (Lipinski definition) is 7. The van der Waals surface area contributed by atoms with Crippen LogP contribution >= 0.6 is 0 Å². The summed E-state index contributed by atoms with van der Waals surface area (Å²) in [5.41, 5.74) is -8.39. The number of ether oxygens (including phenoxy) is 5. The molecule has 0 aliphatic carbocycles. The molecule has 0 aromatic heterocycles. The SMILES string of the molecule is CCOC(=O)C(C(=O)OCC)c1c(F)c(F)c(-c2c(F)c(F)c(-c3c(OC)cc(OC)cc3OC)c(F)c2F)c(F)c1F. The maximum atomic E-state index is 15.5. The van der Waals surface area contributed by atoms with Crippen molar-refractivity contribution in [2.75, 3.05) is 34.5 Å². The second-order valence-corrected chi connectivity index (χ2v) is 8.39. The van der Waals surface area contributed by atoms with Crippen LogP contribution in [0.1, 0.15) is 25.3 Å². The predicted octanol–water partition coefficient (Wildman–Crippen LogP) is 6.37. The highest BCUT2D eigenvalue weighted by Crippen LogP contribution is 2.47. The first-order valence-electron chi connectivity index (χ1n) is 12.2. The molecule has 0 radical (unpaired) electrons. The highest BCUT2D eigenvalue weighted by atomic mass is 19.2. The van der Waals surface area contributed by atoms with Gasteiger partial charge in [0, 0.05) is 12.1 Å². The van der Waals surface area contributed by atoms with Gasteiger partial charge in [0.2, 0.25) is 0 Å². The lowest BCUT2D eigenvalue weighted by atomic mass is 9.91. The molecule has 0 spiro atoms. The largest absolute Gasteiger partial charge is 0.496 e. The lowest BCUT2D eigenvalue weighted by Gasteiger charge is -2.20. The highest BCUT2D eigenvalue weighted by Gasteiger charge is 2.42. The minimum absolute atomic E-state index is 0.0370. The third kappa shape index (κ3) is 5.62. The van der Waals surface area contributed by atoms with E-state index < -0.39 is 117 Å². The summed E-state index contributed by atoms with van der Waals surface area (Å²) in [5.74, 6) is -26.4. The van der Waals surface area contributed by atoms with E-state index in [1.54, 1.807) is 0 Å². The second-order valence-electron chi connectivity index (χ2n) is 8.39. The van der Waals surface area contributed by atoms with E-state index in [1.165, 1.54) is 21.0 Å². The van der Waals surface area contributed by atoms with Crippen molar-refractivity contribution < 1.29 is 68.4 Å². The van der Waals surface area contributed by atoms with E-state index in [0.717, 1.165) is 26.4 Å². The number of methoxy groups -OCH3 is 3. The molecule has 0 aliphatic rings. The van der Waals surface area contributed by atoms with Crippen LogP contribution < -0.4 is 14.2 Å². The fourth-order valence-electron chi connectivity index (χ4n) is 4.23. The molecule has 3 aromatic carbocycles. The van der Waals surface area contributed by atoms with Crippen LogP contribution in [0.3, 0.4) is 0 Å². The maximum Gasteiger partial charge on any atom is 0.325 e. The van der Waals surface area contributed by atoms with Gasteiger partial charge < -0.3 is 23.7 Å². The van der Waals surface area contributed by atoms with Crippen molar-refractivity contribution in [2.24, 2.45) is 0 Å². The van der Waals surface area contributed by atoms with Gasteiger partial charge in [0.1, 0.15) is 17.2 Å². The average molecular weight is 622 g/mol. The van der Waals surface area contributed by atoms with E-state index in [4.69, 9.17) is 14.2 Å². The number of halogens is 8. The number of rotatable bonds is 10. The molecular formula is C28H22F8O7. The molecule has 0 aliphatic heterocycles. The standard InChI is InChI=1S/C28H22F8O7/c1-6-42-27(37)18(28(38)43-7-2)17-25(35)23(33)16(24(34)26(17)36)15-21(31)19(29)14(20(30)22(15)32)13-11(40-4)8-10(39-3)9-12(13)41-5/h8-9,18H,6-7H2,1-5H3. The van der Waals surface area contributed by atoms with Gasteiger partial charge >= 0.3 is 11.9 Å². The molecule has 0 atom stereocenters. The molecular weight excluding hydrogens is 600 g/mol. The van der Waals surface area contributed by atoms with Crippen molar-refractivity contribution in [3.05, 3.63) is 64.2 Å². The van der Waals surface area contributed by atoms with Gasteiger partial charge in [-0.2, -0.15) is 0 Å². The Bertz CT molecular complexity index is 1490. The lowest BCUT2D eigenvalue weighted by Crippen LogP contribution is -2.29. The Morgan fingerprint density at radius 3 is 1.19 bits per heavy atom. The summed E-state index contributed by atoms with van der Waals surface area (Å²) in [6.45, 7) is 1.61. The number of hydrogen-bond donors (Lipinski definition) is 0. The minimum atomic E-state index is -2.71. The molecule has 15 heteroatoms. The fourth-order valence-corrected chi connectivity index (χ4v) is 4.23. The minimum Gasteiger partial charge on any atom is -0.496 e. The fraction of sp³-hybridized carbons (Fsp3) is 0.286. The Morgan fingerprint density at radius 2 is 0.884 bits per heavy atom. The van der Waals surface area contributed by atoms with E-state index in [1.807, 2.05) is 0 Å². The Morgan fingerprint density at radius 1 is 0.558 bits per heavy atom. The van der Waals surface area contributed by atoms with E-state index in [2.05, 4.69) is 9.47 Å². The summed E-state index contributed by atoms with van der Waals surface area (Å²) in [6, 6.07) is 2.15. The van der Waals surface area contributed by atoms with Crippen molar-refractivity contribution >= 4 is 11.9 Å². The van der Waals surface area contributed by atoms with Crippen LogP contribution in [-0.4, -0.2) is 46.5 Å². The van der Waals surface area contributed by atoms with Crippen LogP contribution in [0, 0.1) is 46.5 Å². The Hall–Kier alpha value is -4.56. The van der Waals surface area contributed by atoms with Gasteiger partial charge in [0.25, 0.3) is 0 Å². The number of benzene rings is 3. The van der Waals surface area contributed by atoms with E-state index >= 15 is 35.1 Å². The zero-order valence-electron chi connectivity index (χ0n) is 23.0. The predicted molar refractivity (Wildman–Crippen MR) is 133 cm³/mol. The van der Waals surface area contributed by atoms with Crippen LogP contribution in [0.4, 0.5) is 35.1 Å². The number of esters is 2. The first-order chi connectivity index (χ1) is 20.3. The number of carbonyl (C=O) groups excluding carboxylic acids is 2. The van der Waals surface area contributed by atoms with Gasteiger partial charge in [-0.1, -0.05) is 0 Å². The van der Waals surface area contributed by atoms with Gasteiger partial charge in [0.05, 0.1) is 62.4 Å². The molecule has 0 bridgehead atoms. The monoisotopic (exact) mass is 622 g/mol. The number of carbonyl (C=O) groups is 2. The van der Waals surface area contributed by atoms with Gasteiger partial charge in [0.15, 0.2) is 52.5 Å². The van der Waals surface area contributed by atoms with Crippen LogP contribution in [0.2, 0.25) is 0 Å². The third-order valence-electron chi connectivity index (χ3n) is 6.11. The zero-order valence-corrected chi connectivity index (χ0v) is 23.0. The zero-order chi connectivity index (χ0) is 32.3. The van der Waals surface area contributed by atoms with Gasteiger partial charge in [-0.15, -0.1) is 0 Å². The quantitative estimate of drug-likeness (QED) is 0.113. The van der Waals surface area contributed by atoms with Crippen LogP contribution in [-0.2, 0) is 19.1 Å². The molecule has 0 saturated carbocycles.